The van der Waals surface area contributed by atoms with Gasteiger partial charge in [0.15, 0.2) is 11.7 Å². The molecule has 0 fully saturated rings. The molecule has 0 aliphatic heterocycles. The normalized spacial score (nSPS) is 11.7. The molecule has 1 atom stereocenters. The molecular formula is C15H16N2O4S2. The van der Waals surface area contributed by atoms with Crippen LogP contribution in [-0.2, 0) is 20.3 Å². The summed E-state index contributed by atoms with van der Waals surface area (Å²) >= 11 is 1.29. The Labute approximate surface area is 140 Å². The zero-order chi connectivity index (χ0) is 16.8. The van der Waals surface area contributed by atoms with Crippen LogP contribution in [-0.4, -0.2) is 33.4 Å². The molecule has 0 saturated carbocycles. The SMILES string of the molecule is CC[S@](=O)c1ccccc1C(=O)OCC(=O)Nc1nc(C)cs1. The van der Waals surface area contributed by atoms with E-state index in [1.165, 1.54) is 17.4 Å². The van der Waals surface area contributed by atoms with Gasteiger partial charge in [-0.05, 0) is 19.1 Å². The molecule has 1 aromatic heterocycles. The number of benzene rings is 1. The molecule has 8 heteroatoms. The number of anilines is 1. The van der Waals surface area contributed by atoms with Crippen molar-refractivity contribution in [3.8, 4) is 0 Å². The zero-order valence-corrected chi connectivity index (χ0v) is 14.3. The van der Waals surface area contributed by atoms with Crippen LogP contribution in [0, 0.1) is 6.92 Å². The van der Waals surface area contributed by atoms with Gasteiger partial charge in [-0.3, -0.25) is 14.3 Å². The lowest BCUT2D eigenvalue weighted by Crippen LogP contribution is -2.21. The van der Waals surface area contributed by atoms with E-state index in [0.29, 0.717) is 15.8 Å². The number of aromatic nitrogens is 1. The maximum atomic E-state index is 12.1. The summed E-state index contributed by atoms with van der Waals surface area (Å²) in [5, 5.41) is 4.81. The van der Waals surface area contributed by atoms with Gasteiger partial charge in [0.1, 0.15) is 0 Å². The highest BCUT2D eigenvalue weighted by Gasteiger charge is 2.17. The number of nitrogens with one attached hydrogen (secondary N) is 1. The van der Waals surface area contributed by atoms with E-state index >= 15 is 0 Å². The minimum absolute atomic E-state index is 0.213. The number of nitrogens with zero attached hydrogens (tertiary/aromatic N) is 1. The number of carbonyl (C=O) groups is 2. The Morgan fingerprint density at radius 2 is 2.09 bits per heavy atom. The summed E-state index contributed by atoms with van der Waals surface area (Å²) in [6.07, 6.45) is 0. The molecule has 1 N–H and O–H groups in total. The molecule has 0 aliphatic rings. The Bertz CT molecular complexity index is 743. The first kappa shape index (κ1) is 17.3. The number of hydrogen-bond acceptors (Lipinski definition) is 6. The number of rotatable bonds is 6. The fraction of sp³-hybridized carbons (Fsp3) is 0.267. The van der Waals surface area contributed by atoms with E-state index in [1.54, 1.807) is 30.5 Å². The molecule has 1 heterocycles. The van der Waals surface area contributed by atoms with E-state index in [1.807, 2.05) is 6.92 Å². The lowest BCUT2D eigenvalue weighted by Gasteiger charge is -2.08. The molecule has 2 rings (SSSR count). The molecule has 0 radical (unpaired) electrons. The van der Waals surface area contributed by atoms with Crippen LogP contribution in [0.15, 0.2) is 34.5 Å². The summed E-state index contributed by atoms with van der Waals surface area (Å²) < 4.78 is 16.9. The quantitative estimate of drug-likeness (QED) is 0.807. The van der Waals surface area contributed by atoms with Crippen LogP contribution >= 0.6 is 11.3 Å². The third-order valence-corrected chi connectivity index (χ3v) is 5.06. The Hall–Kier alpha value is -2.06. The van der Waals surface area contributed by atoms with Crippen molar-refractivity contribution in [2.45, 2.75) is 18.7 Å². The monoisotopic (exact) mass is 352 g/mol. The first-order valence-electron chi connectivity index (χ1n) is 6.87. The second kappa shape index (κ2) is 7.98. The standard InChI is InChI=1S/C15H16N2O4S2/c1-3-23(20)12-7-5-4-6-11(12)14(19)21-8-13(18)17-15-16-10(2)9-22-15/h4-7,9H,3,8H2,1-2H3,(H,16,17,18)/t23-/m0/s1. The van der Waals surface area contributed by atoms with E-state index in [0.717, 1.165) is 5.69 Å². The van der Waals surface area contributed by atoms with Crippen LogP contribution in [0.3, 0.4) is 0 Å². The number of aryl methyl sites for hydroxylation is 1. The van der Waals surface area contributed by atoms with Crippen LogP contribution in [0.1, 0.15) is 23.0 Å². The second-order valence-corrected chi connectivity index (χ2v) is 7.12. The van der Waals surface area contributed by atoms with Crippen LogP contribution < -0.4 is 5.32 Å². The summed E-state index contributed by atoms with van der Waals surface area (Å²) in [5.74, 6) is -0.747. The molecule has 1 aromatic carbocycles. The molecule has 0 unspecified atom stereocenters. The smallest absolute Gasteiger partial charge is 0.339 e. The minimum atomic E-state index is -1.28. The van der Waals surface area contributed by atoms with Crippen LogP contribution in [0.5, 0.6) is 0 Å². The molecule has 23 heavy (non-hydrogen) atoms. The van der Waals surface area contributed by atoms with Gasteiger partial charge >= 0.3 is 5.97 Å². The second-order valence-electron chi connectivity index (χ2n) is 4.55. The van der Waals surface area contributed by atoms with Gasteiger partial charge in [-0.15, -0.1) is 11.3 Å². The van der Waals surface area contributed by atoms with Crippen molar-refractivity contribution in [1.82, 2.24) is 4.98 Å². The molecular weight excluding hydrogens is 336 g/mol. The Morgan fingerprint density at radius 1 is 1.35 bits per heavy atom. The highest BCUT2D eigenvalue weighted by atomic mass is 32.2. The van der Waals surface area contributed by atoms with Gasteiger partial charge in [0.05, 0.1) is 27.0 Å². The Morgan fingerprint density at radius 3 is 2.74 bits per heavy atom. The van der Waals surface area contributed by atoms with Crippen molar-refractivity contribution >= 4 is 39.1 Å². The number of hydrogen-bond donors (Lipinski definition) is 1. The molecule has 122 valence electrons. The Balaban J connectivity index is 1.97. The predicted molar refractivity (Wildman–Crippen MR) is 89.2 cm³/mol. The topological polar surface area (TPSA) is 85.4 Å². The third kappa shape index (κ3) is 4.70. The first-order chi connectivity index (χ1) is 11.0. The minimum Gasteiger partial charge on any atom is -0.452 e. The third-order valence-electron chi connectivity index (χ3n) is 2.81. The fourth-order valence-corrected chi connectivity index (χ4v) is 3.41. The van der Waals surface area contributed by atoms with Crippen molar-refractivity contribution in [2.75, 3.05) is 17.7 Å². The lowest BCUT2D eigenvalue weighted by molar-refractivity contribution is -0.119. The van der Waals surface area contributed by atoms with E-state index in [9.17, 15) is 13.8 Å². The number of amides is 1. The van der Waals surface area contributed by atoms with Gasteiger partial charge in [-0.2, -0.15) is 0 Å². The van der Waals surface area contributed by atoms with Crippen molar-refractivity contribution in [1.29, 1.82) is 0 Å². The van der Waals surface area contributed by atoms with Crippen LogP contribution in [0.4, 0.5) is 5.13 Å². The first-order valence-corrected chi connectivity index (χ1v) is 9.07. The van der Waals surface area contributed by atoms with Gasteiger partial charge in [-0.25, -0.2) is 9.78 Å². The van der Waals surface area contributed by atoms with Gasteiger partial charge in [0.2, 0.25) is 0 Å². The summed E-state index contributed by atoms with van der Waals surface area (Å²) in [6.45, 7) is 3.16. The molecule has 2 aromatic rings. The van der Waals surface area contributed by atoms with Crippen LogP contribution in [0.2, 0.25) is 0 Å². The molecule has 0 spiro atoms. The molecule has 1 amide bonds. The summed E-state index contributed by atoms with van der Waals surface area (Å²) in [4.78, 5) is 28.4. The van der Waals surface area contributed by atoms with Crippen molar-refractivity contribution in [3.63, 3.8) is 0 Å². The number of esters is 1. The van der Waals surface area contributed by atoms with Crippen LogP contribution in [0.25, 0.3) is 0 Å². The van der Waals surface area contributed by atoms with Gasteiger partial charge in [0, 0.05) is 11.1 Å². The maximum Gasteiger partial charge on any atom is 0.339 e. The Kier molecular flexibility index (Phi) is 6.00. The van der Waals surface area contributed by atoms with Gasteiger partial charge < -0.3 is 4.74 Å². The van der Waals surface area contributed by atoms with Gasteiger partial charge in [-0.1, -0.05) is 19.1 Å². The highest BCUT2D eigenvalue weighted by molar-refractivity contribution is 7.85. The van der Waals surface area contributed by atoms with E-state index < -0.39 is 29.3 Å². The summed E-state index contributed by atoms with van der Waals surface area (Å²) in [5.41, 5.74) is 1.02. The maximum absolute atomic E-state index is 12.1. The van der Waals surface area contributed by atoms with Crippen molar-refractivity contribution in [2.24, 2.45) is 0 Å². The number of ether oxygens (including phenoxy) is 1. The van der Waals surface area contributed by atoms with Crippen molar-refractivity contribution in [3.05, 3.63) is 40.9 Å². The predicted octanol–water partition coefficient (Wildman–Crippen LogP) is 2.37. The van der Waals surface area contributed by atoms with Crippen molar-refractivity contribution < 1.29 is 18.5 Å². The number of thiazole rings is 1. The zero-order valence-electron chi connectivity index (χ0n) is 12.7. The summed E-state index contributed by atoms with van der Waals surface area (Å²) in [7, 11) is -1.28. The van der Waals surface area contributed by atoms with Gasteiger partial charge in [0.25, 0.3) is 5.91 Å². The van der Waals surface area contributed by atoms with E-state index in [4.69, 9.17) is 4.74 Å². The lowest BCUT2D eigenvalue weighted by atomic mass is 10.2. The molecule has 0 aliphatic carbocycles. The summed E-state index contributed by atoms with van der Waals surface area (Å²) in [6, 6.07) is 6.52. The van der Waals surface area contributed by atoms with E-state index in [2.05, 4.69) is 10.3 Å². The number of carbonyl (C=O) groups excluding carboxylic acids is 2. The fourth-order valence-electron chi connectivity index (χ4n) is 1.76. The highest BCUT2D eigenvalue weighted by Crippen LogP contribution is 2.16. The molecule has 0 bridgehead atoms. The molecule has 6 nitrogen and oxygen atoms in total. The average Bonchev–Trinajstić information content (AvgIpc) is 2.96. The molecule has 0 saturated heterocycles. The van der Waals surface area contributed by atoms with E-state index in [-0.39, 0.29) is 5.56 Å². The average molecular weight is 352 g/mol. The largest absolute Gasteiger partial charge is 0.452 e.